The number of benzene rings is 1. The smallest absolute Gasteiger partial charge is 0.291 e. The van der Waals surface area contributed by atoms with Gasteiger partial charge in [-0.05, 0) is 50.1 Å². The van der Waals surface area contributed by atoms with Crippen molar-refractivity contribution >= 4 is 23.4 Å². The number of hydrogen-bond acceptors (Lipinski definition) is 4. The number of carbonyl (C=O) groups is 3. The first-order chi connectivity index (χ1) is 13.0. The molecule has 1 aliphatic heterocycles. The highest BCUT2D eigenvalue weighted by Gasteiger charge is 2.19. The Hall–Kier alpha value is -3.09. The van der Waals surface area contributed by atoms with Gasteiger partial charge in [0.25, 0.3) is 11.8 Å². The first-order valence-electron chi connectivity index (χ1n) is 9.07. The molecule has 1 aromatic heterocycles. The first-order valence-corrected chi connectivity index (χ1v) is 9.07. The molecule has 1 aliphatic rings. The molecule has 1 aromatic carbocycles. The Bertz CT molecular complexity index is 843. The van der Waals surface area contributed by atoms with Gasteiger partial charge in [-0.15, -0.1) is 0 Å². The molecule has 0 spiro atoms. The van der Waals surface area contributed by atoms with Crippen molar-refractivity contribution in [3.8, 4) is 0 Å². The lowest BCUT2D eigenvalue weighted by molar-refractivity contribution is -0.127. The van der Waals surface area contributed by atoms with Gasteiger partial charge in [0.15, 0.2) is 5.76 Å². The fraction of sp³-hybridized carbons (Fsp3) is 0.350. The van der Waals surface area contributed by atoms with E-state index in [0.29, 0.717) is 42.9 Å². The van der Waals surface area contributed by atoms with Gasteiger partial charge < -0.3 is 20.0 Å². The fourth-order valence-electron chi connectivity index (χ4n) is 3.00. The minimum absolute atomic E-state index is 0.191. The summed E-state index contributed by atoms with van der Waals surface area (Å²) in [6.07, 6.45) is 2.26. The van der Waals surface area contributed by atoms with Crippen molar-refractivity contribution in [1.82, 2.24) is 10.2 Å². The largest absolute Gasteiger partial charge is 0.456 e. The van der Waals surface area contributed by atoms with E-state index in [1.807, 2.05) is 4.90 Å². The highest BCUT2D eigenvalue weighted by atomic mass is 16.3. The van der Waals surface area contributed by atoms with Crippen molar-refractivity contribution < 1.29 is 18.8 Å². The molecule has 0 unspecified atom stereocenters. The lowest BCUT2D eigenvalue weighted by Crippen LogP contribution is -2.30. The molecular formula is C20H23N3O4. The van der Waals surface area contributed by atoms with Gasteiger partial charge in [0.05, 0.1) is 0 Å². The molecule has 2 N–H and O–H groups in total. The number of hydrogen-bond donors (Lipinski definition) is 2. The van der Waals surface area contributed by atoms with Gasteiger partial charge in [0, 0.05) is 37.3 Å². The van der Waals surface area contributed by atoms with E-state index < -0.39 is 0 Å². The van der Waals surface area contributed by atoms with Gasteiger partial charge in [0.1, 0.15) is 5.76 Å². The molecule has 2 aromatic rings. The number of rotatable bonds is 7. The molecule has 2 heterocycles. The summed E-state index contributed by atoms with van der Waals surface area (Å²) in [6, 6.07) is 10.0. The molecule has 0 radical (unpaired) electrons. The molecule has 1 fully saturated rings. The molecule has 0 saturated carbocycles. The van der Waals surface area contributed by atoms with Crippen molar-refractivity contribution in [1.29, 1.82) is 0 Å². The number of likely N-dealkylation sites (tertiary alicyclic amines) is 1. The number of carbonyl (C=O) groups excluding carboxylic acids is 3. The second-order valence-electron chi connectivity index (χ2n) is 6.54. The van der Waals surface area contributed by atoms with Crippen LogP contribution in [0.1, 0.15) is 45.9 Å². The highest BCUT2D eigenvalue weighted by molar-refractivity contribution is 6.03. The Morgan fingerprint density at radius 2 is 2.04 bits per heavy atom. The molecule has 142 valence electrons. The maximum Gasteiger partial charge on any atom is 0.291 e. The van der Waals surface area contributed by atoms with Crippen LogP contribution in [0.5, 0.6) is 0 Å². The topological polar surface area (TPSA) is 91.7 Å². The first kappa shape index (κ1) is 18.7. The summed E-state index contributed by atoms with van der Waals surface area (Å²) in [4.78, 5) is 37.8. The molecule has 1 saturated heterocycles. The van der Waals surface area contributed by atoms with E-state index in [9.17, 15) is 14.4 Å². The van der Waals surface area contributed by atoms with E-state index in [2.05, 4.69) is 10.6 Å². The van der Waals surface area contributed by atoms with Gasteiger partial charge >= 0.3 is 0 Å². The van der Waals surface area contributed by atoms with Crippen molar-refractivity contribution in [3.05, 3.63) is 53.5 Å². The second kappa shape index (κ2) is 8.53. The van der Waals surface area contributed by atoms with E-state index in [0.717, 1.165) is 13.0 Å². The summed E-state index contributed by atoms with van der Waals surface area (Å²) in [5.74, 6) is 0.489. The van der Waals surface area contributed by atoms with Crippen LogP contribution in [0, 0.1) is 6.92 Å². The standard InChI is InChI=1S/C20H23N3O4/c1-14-8-9-17(27-14)20(26)22-16-6-2-5-15(13-16)19(25)21-10-4-12-23-11-3-7-18(23)24/h2,5-6,8-9,13H,3-4,7,10-12H2,1H3,(H,21,25)(H,22,26). The summed E-state index contributed by atoms with van der Waals surface area (Å²) in [5, 5.41) is 5.56. The molecule has 3 rings (SSSR count). The van der Waals surface area contributed by atoms with Gasteiger partial charge in [-0.2, -0.15) is 0 Å². The van der Waals surface area contributed by atoms with Crippen LogP contribution in [0.3, 0.4) is 0 Å². The fourth-order valence-corrected chi connectivity index (χ4v) is 3.00. The van der Waals surface area contributed by atoms with Gasteiger partial charge in [-0.3, -0.25) is 14.4 Å². The van der Waals surface area contributed by atoms with Crippen LogP contribution in [-0.4, -0.2) is 42.3 Å². The van der Waals surface area contributed by atoms with Crippen molar-refractivity contribution in [2.75, 3.05) is 25.0 Å². The predicted molar refractivity (Wildman–Crippen MR) is 101 cm³/mol. The summed E-state index contributed by atoms with van der Waals surface area (Å²) in [6.45, 7) is 3.73. The van der Waals surface area contributed by atoms with E-state index in [1.54, 1.807) is 43.3 Å². The molecule has 0 aliphatic carbocycles. The summed E-state index contributed by atoms with van der Waals surface area (Å²) in [5.41, 5.74) is 0.977. The predicted octanol–water partition coefficient (Wildman–Crippen LogP) is 2.58. The van der Waals surface area contributed by atoms with E-state index >= 15 is 0 Å². The molecule has 0 bridgehead atoms. The zero-order valence-corrected chi connectivity index (χ0v) is 15.3. The van der Waals surface area contributed by atoms with Crippen molar-refractivity contribution in [3.63, 3.8) is 0 Å². The van der Waals surface area contributed by atoms with E-state index in [4.69, 9.17) is 4.42 Å². The SMILES string of the molecule is Cc1ccc(C(=O)Nc2cccc(C(=O)NCCCN3CCCC3=O)c2)o1. The van der Waals surface area contributed by atoms with Crippen LogP contribution in [0.2, 0.25) is 0 Å². The Morgan fingerprint density at radius 1 is 1.19 bits per heavy atom. The Labute approximate surface area is 157 Å². The lowest BCUT2D eigenvalue weighted by Gasteiger charge is -2.15. The van der Waals surface area contributed by atoms with Crippen LogP contribution < -0.4 is 10.6 Å². The van der Waals surface area contributed by atoms with Crippen LogP contribution in [0.25, 0.3) is 0 Å². The Balaban J connectivity index is 1.49. The van der Waals surface area contributed by atoms with Gasteiger partial charge in [-0.25, -0.2) is 0 Å². The maximum atomic E-state index is 12.3. The molecular weight excluding hydrogens is 346 g/mol. The molecule has 3 amide bonds. The van der Waals surface area contributed by atoms with Crippen molar-refractivity contribution in [2.24, 2.45) is 0 Å². The molecule has 27 heavy (non-hydrogen) atoms. The summed E-state index contributed by atoms with van der Waals surface area (Å²) < 4.78 is 5.29. The van der Waals surface area contributed by atoms with E-state index in [-0.39, 0.29) is 23.5 Å². The minimum Gasteiger partial charge on any atom is -0.456 e. The lowest BCUT2D eigenvalue weighted by atomic mass is 10.2. The van der Waals surface area contributed by atoms with Gasteiger partial charge in [-0.1, -0.05) is 6.07 Å². The number of nitrogens with zero attached hydrogens (tertiary/aromatic N) is 1. The third-order valence-corrected chi connectivity index (χ3v) is 4.41. The van der Waals surface area contributed by atoms with Crippen molar-refractivity contribution in [2.45, 2.75) is 26.2 Å². The number of nitrogens with one attached hydrogen (secondary N) is 2. The third-order valence-electron chi connectivity index (χ3n) is 4.41. The zero-order chi connectivity index (χ0) is 19.2. The number of anilines is 1. The van der Waals surface area contributed by atoms with Crippen LogP contribution in [-0.2, 0) is 4.79 Å². The summed E-state index contributed by atoms with van der Waals surface area (Å²) in [7, 11) is 0. The third kappa shape index (κ3) is 4.97. The second-order valence-corrected chi connectivity index (χ2v) is 6.54. The Morgan fingerprint density at radius 3 is 2.74 bits per heavy atom. The quantitative estimate of drug-likeness (QED) is 0.734. The number of amides is 3. The number of aryl methyl sites for hydroxylation is 1. The van der Waals surface area contributed by atoms with Crippen LogP contribution in [0.4, 0.5) is 5.69 Å². The average molecular weight is 369 g/mol. The van der Waals surface area contributed by atoms with Crippen LogP contribution >= 0.6 is 0 Å². The normalized spacial score (nSPS) is 13.7. The Kier molecular flexibility index (Phi) is 5.90. The number of furan rings is 1. The molecule has 7 nitrogen and oxygen atoms in total. The average Bonchev–Trinajstić information content (AvgIpc) is 3.27. The zero-order valence-electron chi connectivity index (χ0n) is 15.3. The minimum atomic E-state index is -0.365. The van der Waals surface area contributed by atoms with Gasteiger partial charge in [0.2, 0.25) is 5.91 Å². The van der Waals surface area contributed by atoms with Crippen LogP contribution in [0.15, 0.2) is 40.8 Å². The molecule has 0 atom stereocenters. The maximum absolute atomic E-state index is 12.3. The summed E-state index contributed by atoms with van der Waals surface area (Å²) >= 11 is 0. The highest BCUT2D eigenvalue weighted by Crippen LogP contribution is 2.14. The van der Waals surface area contributed by atoms with E-state index in [1.165, 1.54) is 0 Å². The monoisotopic (exact) mass is 369 g/mol. The molecule has 7 heteroatoms.